The topological polar surface area (TPSA) is 23.5 Å². The molecule has 2 aromatic rings. The smallest absolute Gasteiger partial charge is 0.123 e. The van der Waals surface area contributed by atoms with Crippen LogP contribution in [0.5, 0.6) is 0 Å². The second kappa shape index (κ2) is 8.53. The summed E-state index contributed by atoms with van der Waals surface area (Å²) in [6.07, 6.45) is 4.54. The monoisotopic (exact) mass is 369 g/mol. The zero-order chi connectivity index (χ0) is 19.4. The van der Waals surface area contributed by atoms with Crippen molar-refractivity contribution in [3.05, 3.63) is 71.0 Å². The second-order valence-electron chi connectivity index (χ2n) is 8.64. The lowest BCUT2D eigenvalue weighted by atomic mass is 9.67. The molecule has 1 N–H and O–H groups in total. The average molecular weight is 370 g/mol. The van der Waals surface area contributed by atoms with E-state index in [2.05, 4.69) is 50.2 Å². The van der Waals surface area contributed by atoms with Crippen molar-refractivity contribution in [2.24, 2.45) is 11.8 Å². The minimum Gasteiger partial charge on any atom is -0.389 e. The van der Waals surface area contributed by atoms with Gasteiger partial charge in [-0.3, -0.25) is 0 Å². The first-order valence-corrected chi connectivity index (χ1v) is 10.0. The molecule has 1 saturated carbocycles. The van der Waals surface area contributed by atoms with Gasteiger partial charge < -0.3 is 10.0 Å². The van der Waals surface area contributed by atoms with E-state index in [0.717, 1.165) is 38.6 Å². The first-order chi connectivity index (χ1) is 12.9. The Hall–Kier alpha value is -1.71. The van der Waals surface area contributed by atoms with E-state index in [-0.39, 0.29) is 11.7 Å². The lowest BCUT2D eigenvalue weighted by molar-refractivity contribution is -0.0686. The third-order valence-electron chi connectivity index (χ3n) is 6.14. The molecule has 0 spiro atoms. The first kappa shape index (κ1) is 20.0. The Morgan fingerprint density at radius 1 is 1.11 bits per heavy atom. The standard InChI is InChI=1S/C24H32FNO/c1-18-6-4-5-7-21(18)16-24(27)13-12-20(15-22(24)17-26(2)3)14-19-8-10-23(25)11-9-19/h4-11,20,22,27H,12-17H2,1-3H3. The molecule has 0 saturated heterocycles. The van der Waals surface area contributed by atoms with E-state index in [1.807, 2.05) is 12.1 Å². The molecule has 1 fully saturated rings. The number of benzene rings is 2. The van der Waals surface area contributed by atoms with Gasteiger partial charge in [0.1, 0.15) is 5.82 Å². The van der Waals surface area contributed by atoms with Gasteiger partial charge in [-0.25, -0.2) is 4.39 Å². The van der Waals surface area contributed by atoms with Crippen molar-refractivity contribution in [1.29, 1.82) is 0 Å². The van der Waals surface area contributed by atoms with Gasteiger partial charge in [0.05, 0.1) is 5.60 Å². The Labute approximate surface area is 163 Å². The lowest BCUT2D eigenvalue weighted by Gasteiger charge is -2.44. The van der Waals surface area contributed by atoms with Gasteiger partial charge in [0, 0.05) is 18.9 Å². The Morgan fingerprint density at radius 2 is 1.81 bits per heavy atom. The summed E-state index contributed by atoms with van der Waals surface area (Å²) in [6, 6.07) is 15.3. The van der Waals surface area contributed by atoms with Crippen molar-refractivity contribution in [2.45, 2.75) is 44.6 Å². The molecule has 3 rings (SSSR count). The number of halogens is 1. The molecule has 1 aliphatic carbocycles. The van der Waals surface area contributed by atoms with Crippen LogP contribution in [0.25, 0.3) is 0 Å². The molecule has 2 aromatic carbocycles. The van der Waals surface area contributed by atoms with Crippen LogP contribution in [0.3, 0.4) is 0 Å². The fraction of sp³-hybridized carbons (Fsp3) is 0.500. The Balaban J connectivity index is 1.74. The third-order valence-corrected chi connectivity index (χ3v) is 6.14. The molecule has 0 aliphatic heterocycles. The predicted octanol–water partition coefficient (Wildman–Crippen LogP) is 4.63. The Kier molecular flexibility index (Phi) is 6.33. The average Bonchev–Trinajstić information content (AvgIpc) is 2.62. The Morgan fingerprint density at radius 3 is 2.48 bits per heavy atom. The van der Waals surface area contributed by atoms with Crippen LogP contribution in [0.15, 0.2) is 48.5 Å². The molecule has 146 valence electrons. The highest BCUT2D eigenvalue weighted by atomic mass is 19.1. The number of aliphatic hydroxyl groups is 1. The highest BCUT2D eigenvalue weighted by Gasteiger charge is 2.42. The molecule has 3 unspecified atom stereocenters. The van der Waals surface area contributed by atoms with Crippen LogP contribution in [0, 0.1) is 24.6 Å². The van der Waals surface area contributed by atoms with E-state index in [1.54, 1.807) is 12.1 Å². The van der Waals surface area contributed by atoms with Crippen LogP contribution in [-0.4, -0.2) is 36.2 Å². The van der Waals surface area contributed by atoms with Gasteiger partial charge in [-0.1, -0.05) is 36.4 Å². The van der Waals surface area contributed by atoms with Gasteiger partial charge in [-0.15, -0.1) is 0 Å². The summed E-state index contributed by atoms with van der Waals surface area (Å²) in [5, 5.41) is 11.6. The zero-order valence-electron chi connectivity index (χ0n) is 16.8. The number of rotatable bonds is 6. The van der Waals surface area contributed by atoms with Crippen LogP contribution < -0.4 is 0 Å². The van der Waals surface area contributed by atoms with Crippen molar-refractivity contribution in [2.75, 3.05) is 20.6 Å². The van der Waals surface area contributed by atoms with Crippen molar-refractivity contribution in [1.82, 2.24) is 4.90 Å². The Bertz CT molecular complexity index is 742. The van der Waals surface area contributed by atoms with Gasteiger partial charge >= 0.3 is 0 Å². The molecule has 2 nitrogen and oxygen atoms in total. The fourth-order valence-corrected chi connectivity index (χ4v) is 4.59. The molecule has 0 aromatic heterocycles. The zero-order valence-corrected chi connectivity index (χ0v) is 16.8. The first-order valence-electron chi connectivity index (χ1n) is 10.0. The van der Waals surface area contributed by atoms with Gasteiger partial charge in [-0.05, 0) is 81.4 Å². The highest BCUT2D eigenvalue weighted by Crippen LogP contribution is 2.41. The van der Waals surface area contributed by atoms with Crippen LogP contribution in [0.2, 0.25) is 0 Å². The maximum absolute atomic E-state index is 13.2. The summed E-state index contributed by atoms with van der Waals surface area (Å²) in [5.41, 5.74) is 3.04. The van der Waals surface area contributed by atoms with Crippen molar-refractivity contribution >= 4 is 0 Å². The van der Waals surface area contributed by atoms with Crippen molar-refractivity contribution < 1.29 is 9.50 Å². The summed E-state index contributed by atoms with van der Waals surface area (Å²) < 4.78 is 13.2. The van der Waals surface area contributed by atoms with Crippen LogP contribution >= 0.6 is 0 Å². The number of nitrogens with zero attached hydrogens (tertiary/aromatic N) is 1. The normalized spacial score (nSPS) is 25.7. The summed E-state index contributed by atoms with van der Waals surface area (Å²) in [4.78, 5) is 2.19. The quantitative estimate of drug-likeness (QED) is 0.803. The van der Waals surface area contributed by atoms with Crippen LogP contribution in [-0.2, 0) is 12.8 Å². The molecule has 0 bridgehead atoms. The maximum atomic E-state index is 13.2. The molecule has 3 atom stereocenters. The second-order valence-corrected chi connectivity index (χ2v) is 8.64. The molecule has 3 heteroatoms. The van der Waals surface area contributed by atoms with Crippen molar-refractivity contribution in [3.63, 3.8) is 0 Å². The minimum absolute atomic E-state index is 0.180. The minimum atomic E-state index is -0.657. The fourth-order valence-electron chi connectivity index (χ4n) is 4.59. The molecule has 0 amide bonds. The van der Waals surface area contributed by atoms with Gasteiger partial charge in [0.25, 0.3) is 0 Å². The van der Waals surface area contributed by atoms with E-state index < -0.39 is 5.60 Å². The van der Waals surface area contributed by atoms with E-state index in [0.29, 0.717) is 5.92 Å². The molecule has 0 radical (unpaired) electrons. The van der Waals surface area contributed by atoms with Crippen molar-refractivity contribution in [3.8, 4) is 0 Å². The largest absolute Gasteiger partial charge is 0.389 e. The van der Waals surface area contributed by atoms with Crippen LogP contribution in [0.4, 0.5) is 4.39 Å². The van der Waals surface area contributed by atoms with Gasteiger partial charge in [-0.2, -0.15) is 0 Å². The molecular formula is C24H32FNO. The molecule has 1 aliphatic rings. The molecular weight excluding hydrogens is 337 g/mol. The number of hydrogen-bond acceptors (Lipinski definition) is 2. The lowest BCUT2D eigenvalue weighted by Crippen LogP contribution is -2.49. The summed E-state index contributed by atoms with van der Waals surface area (Å²) >= 11 is 0. The van der Waals surface area contributed by atoms with Gasteiger partial charge in [0.15, 0.2) is 0 Å². The summed E-state index contributed by atoms with van der Waals surface area (Å²) in [5.74, 6) is 0.601. The summed E-state index contributed by atoms with van der Waals surface area (Å²) in [6.45, 7) is 3.02. The molecule has 0 heterocycles. The van der Waals surface area contributed by atoms with E-state index in [1.165, 1.54) is 16.7 Å². The van der Waals surface area contributed by atoms with E-state index >= 15 is 0 Å². The molecule has 27 heavy (non-hydrogen) atoms. The highest BCUT2D eigenvalue weighted by molar-refractivity contribution is 5.27. The predicted molar refractivity (Wildman–Crippen MR) is 109 cm³/mol. The number of aryl methyl sites for hydroxylation is 1. The van der Waals surface area contributed by atoms with E-state index in [9.17, 15) is 9.50 Å². The van der Waals surface area contributed by atoms with E-state index in [4.69, 9.17) is 0 Å². The summed E-state index contributed by atoms with van der Waals surface area (Å²) in [7, 11) is 4.16. The number of hydrogen-bond donors (Lipinski definition) is 1. The van der Waals surface area contributed by atoms with Crippen LogP contribution in [0.1, 0.15) is 36.0 Å². The SMILES string of the molecule is Cc1ccccc1CC1(O)CCC(Cc2ccc(F)cc2)CC1CN(C)C. The van der Waals surface area contributed by atoms with Gasteiger partial charge in [0.2, 0.25) is 0 Å². The third kappa shape index (κ3) is 5.18. The maximum Gasteiger partial charge on any atom is 0.123 e.